The van der Waals surface area contributed by atoms with E-state index in [1.54, 1.807) is 4.68 Å². The number of hydrogen-bond acceptors (Lipinski definition) is 2. The van der Waals surface area contributed by atoms with E-state index < -0.39 is 0 Å². The third kappa shape index (κ3) is 3.14. The molecule has 2 aromatic carbocycles. The second-order valence-corrected chi connectivity index (χ2v) is 5.48. The van der Waals surface area contributed by atoms with Crippen LogP contribution in [0.15, 0.2) is 36.4 Å². The average molecular weight is 489 g/mol. The van der Waals surface area contributed by atoms with Crippen LogP contribution >= 0.6 is 11.6 Å². The van der Waals surface area contributed by atoms with Gasteiger partial charge in [0.1, 0.15) is 0 Å². The Labute approximate surface area is 148 Å². The zero-order chi connectivity index (χ0) is 15.0. The second kappa shape index (κ2) is 6.74. The molecule has 3 rings (SSSR count). The Bertz CT molecular complexity index is 774. The maximum atomic E-state index is 6.04. The summed E-state index contributed by atoms with van der Waals surface area (Å²) in [5, 5.41) is 4.60. The van der Waals surface area contributed by atoms with Crippen LogP contribution in [0.3, 0.4) is 0 Å². The quantitative estimate of drug-likeness (QED) is 0.503. The average Bonchev–Trinajstić information content (AvgIpc) is 2.80. The van der Waals surface area contributed by atoms with Crippen molar-refractivity contribution in [3.05, 3.63) is 64.4 Å². The summed E-state index contributed by atoms with van der Waals surface area (Å²) in [7, 11) is 0. The second-order valence-electron chi connectivity index (χ2n) is 5.14. The van der Waals surface area contributed by atoms with Crippen LogP contribution in [-0.4, -0.2) is 14.8 Å². The van der Waals surface area contributed by atoms with Crippen molar-refractivity contribution in [1.29, 1.82) is 0 Å². The summed E-state index contributed by atoms with van der Waals surface area (Å²) in [5.41, 5.74) is 5.41. The predicted molar refractivity (Wildman–Crippen MR) is 84.9 cm³/mol. The van der Waals surface area contributed by atoms with Gasteiger partial charge in [0, 0.05) is 20.1 Å². The maximum absolute atomic E-state index is 6.04. The molecule has 1 heterocycles. The van der Waals surface area contributed by atoms with Crippen molar-refractivity contribution in [2.24, 2.45) is 0 Å². The van der Waals surface area contributed by atoms with Crippen LogP contribution in [0.25, 0.3) is 17.1 Å². The van der Waals surface area contributed by atoms with Gasteiger partial charge in [-0.15, -0.1) is 41.0 Å². The van der Waals surface area contributed by atoms with Crippen LogP contribution in [0.2, 0.25) is 5.28 Å². The van der Waals surface area contributed by atoms with Gasteiger partial charge >= 0.3 is 0 Å². The smallest absolute Gasteiger partial charge is 0.233 e. The topological polar surface area (TPSA) is 30.7 Å². The van der Waals surface area contributed by atoms with Gasteiger partial charge in [-0.2, -0.15) is 0 Å². The molecule has 0 amide bonds. The molecule has 0 atom stereocenters. The monoisotopic (exact) mass is 489 g/mol. The fourth-order valence-corrected chi connectivity index (χ4v) is 2.81. The molecular formula is C17H15ClIrN3-. The first-order valence-corrected chi connectivity index (χ1v) is 7.12. The molecule has 0 saturated carbocycles. The normalized spacial score (nSPS) is 10.4. The first-order valence-electron chi connectivity index (χ1n) is 6.74. The molecule has 1 radical (unpaired) electrons. The van der Waals surface area contributed by atoms with Gasteiger partial charge in [0.05, 0.1) is 11.5 Å². The van der Waals surface area contributed by atoms with Gasteiger partial charge < -0.3 is 0 Å². The minimum absolute atomic E-state index is 0. The summed E-state index contributed by atoms with van der Waals surface area (Å²) in [6.07, 6.45) is 0. The van der Waals surface area contributed by atoms with Gasteiger partial charge in [0.15, 0.2) is 0 Å². The minimum Gasteiger partial charge on any atom is -0.252 e. The molecule has 0 aliphatic heterocycles. The summed E-state index contributed by atoms with van der Waals surface area (Å²) in [6.45, 7) is 6.23. The van der Waals surface area contributed by atoms with E-state index in [0.717, 1.165) is 22.4 Å². The Morgan fingerprint density at radius 3 is 2.36 bits per heavy atom. The van der Waals surface area contributed by atoms with Crippen molar-refractivity contribution in [3.63, 3.8) is 0 Å². The number of benzene rings is 2. The number of aromatic nitrogens is 3. The number of aryl methyl sites for hydroxylation is 3. The zero-order valence-corrected chi connectivity index (χ0v) is 15.7. The molecule has 3 nitrogen and oxygen atoms in total. The largest absolute Gasteiger partial charge is 0.252 e. The van der Waals surface area contributed by atoms with Crippen molar-refractivity contribution in [1.82, 2.24) is 14.8 Å². The fraction of sp³-hybridized carbons (Fsp3) is 0.176. The van der Waals surface area contributed by atoms with Gasteiger partial charge in [-0.05, 0) is 43.5 Å². The van der Waals surface area contributed by atoms with Crippen LogP contribution in [0.1, 0.15) is 16.7 Å². The van der Waals surface area contributed by atoms with Crippen LogP contribution < -0.4 is 0 Å². The Balaban J connectivity index is 0.00000176. The van der Waals surface area contributed by atoms with Gasteiger partial charge in [-0.25, -0.2) is 4.98 Å². The third-order valence-corrected chi connectivity index (χ3v) is 3.54. The van der Waals surface area contributed by atoms with Crippen molar-refractivity contribution in [3.8, 4) is 17.1 Å². The molecular weight excluding hydrogens is 474 g/mol. The van der Waals surface area contributed by atoms with E-state index in [9.17, 15) is 0 Å². The Hall–Kier alpha value is -1.48. The van der Waals surface area contributed by atoms with E-state index in [-0.39, 0.29) is 25.4 Å². The molecule has 0 aliphatic rings. The number of rotatable bonds is 2. The molecule has 0 fully saturated rings. The standard InChI is InChI=1S/C17H15ClN3.Ir/c1-11-9-12(2)15(13(3)10-11)21-16(19-17(18)20-21)14-7-5-4-6-8-14;/h4-7,9-10H,1-3H3;/q-1;. The predicted octanol–water partition coefficient (Wildman–Crippen LogP) is 4.31. The molecule has 0 unspecified atom stereocenters. The first-order chi connectivity index (χ1) is 10.1. The molecule has 0 saturated heterocycles. The van der Waals surface area contributed by atoms with E-state index in [1.165, 1.54) is 5.56 Å². The Morgan fingerprint density at radius 2 is 1.77 bits per heavy atom. The first kappa shape index (κ1) is 16.9. The molecule has 115 valence electrons. The van der Waals surface area contributed by atoms with Gasteiger partial charge in [-0.1, -0.05) is 17.7 Å². The summed E-state index contributed by atoms with van der Waals surface area (Å²) in [5.74, 6) is 0.704. The van der Waals surface area contributed by atoms with Crippen LogP contribution in [0.4, 0.5) is 0 Å². The van der Waals surface area contributed by atoms with Crippen LogP contribution in [0.5, 0.6) is 0 Å². The maximum Gasteiger partial charge on any atom is 0.233 e. The zero-order valence-electron chi connectivity index (χ0n) is 12.5. The van der Waals surface area contributed by atoms with Crippen LogP contribution in [0, 0.1) is 26.8 Å². The Kier molecular flexibility index (Phi) is 5.17. The minimum atomic E-state index is 0. The van der Waals surface area contributed by atoms with Crippen molar-refractivity contribution in [2.75, 3.05) is 0 Å². The SMILES string of the molecule is Cc1cc(C)c(-n2nc(Cl)nc2-c2[c-]cccc2)c(C)c1.[Ir]. The van der Waals surface area contributed by atoms with Crippen molar-refractivity contribution >= 4 is 11.6 Å². The summed E-state index contributed by atoms with van der Waals surface area (Å²) >= 11 is 6.04. The van der Waals surface area contributed by atoms with Crippen molar-refractivity contribution < 1.29 is 20.1 Å². The molecule has 0 bridgehead atoms. The van der Waals surface area contributed by atoms with E-state index >= 15 is 0 Å². The molecule has 5 heteroatoms. The van der Waals surface area contributed by atoms with Crippen LogP contribution in [-0.2, 0) is 20.1 Å². The van der Waals surface area contributed by atoms with E-state index in [2.05, 4.69) is 49.1 Å². The molecule has 0 spiro atoms. The molecule has 1 aromatic heterocycles. The molecule has 0 aliphatic carbocycles. The van der Waals surface area contributed by atoms with Crippen molar-refractivity contribution in [2.45, 2.75) is 20.8 Å². The van der Waals surface area contributed by atoms with E-state index in [4.69, 9.17) is 11.6 Å². The summed E-state index contributed by atoms with van der Waals surface area (Å²) < 4.78 is 1.80. The fourth-order valence-electron chi connectivity index (χ4n) is 2.66. The third-order valence-electron chi connectivity index (χ3n) is 3.38. The molecule has 3 aromatic rings. The van der Waals surface area contributed by atoms with E-state index in [0.29, 0.717) is 5.82 Å². The summed E-state index contributed by atoms with van der Waals surface area (Å²) in [4.78, 5) is 4.35. The Morgan fingerprint density at radius 1 is 1.09 bits per heavy atom. The van der Waals surface area contributed by atoms with Gasteiger partial charge in [-0.3, -0.25) is 4.68 Å². The number of hydrogen-bond donors (Lipinski definition) is 0. The number of halogens is 1. The van der Waals surface area contributed by atoms with Gasteiger partial charge in [0.25, 0.3) is 0 Å². The molecule has 22 heavy (non-hydrogen) atoms. The van der Waals surface area contributed by atoms with Gasteiger partial charge in [0.2, 0.25) is 5.28 Å². The van der Waals surface area contributed by atoms with E-state index in [1.807, 2.05) is 24.3 Å². The number of nitrogens with zero attached hydrogens (tertiary/aromatic N) is 3. The summed E-state index contributed by atoms with van der Waals surface area (Å²) in [6, 6.07) is 15.1. The molecule has 0 N–H and O–H groups in total.